The van der Waals surface area contributed by atoms with E-state index in [9.17, 15) is 0 Å². The van der Waals surface area contributed by atoms with Crippen LogP contribution < -0.4 is 23.7 Å². The summed E-state index contributed by atoms with van der Waals surface area (Å²) in [6.07, 6.45) is 10.3. The highest BCUT2D eigenvalue weighted by Gasteiger charge is 2.41. The van der Waals surface area contributed by atoms with Gasteiger partial charge in [-0.3, -0.25) is 0 Å². The van der Waals surface area contributed by atoms with Crippen molar-refractivity contribution in [2.24, 2.45) is 5.92 Å². The van der Waals surface area contributed by atoms with Crippen molar-refractivity contribution in [3.05, 3.63) is 76.9 Å². The Morgan fingerprint density at radius 3 is 2.48 bits per heavy atom. The Labute approximate surface area is 236 Å². The van der Waals surface area contributed by atoms with E-state index in [2.05, 4.69) is 35.2 Å². The molecule has 1 atom stereocenters. The summed E-state index contributed by atoms with van der Waals surface area (Å²) in [5.41, 5.74) is 6.42. The smallest absolute Gasteiger partial charge is 0.231 e. The van der Waals surface area contributed by atoms with Crippen molar-refractivity contribution in [1.29, 1.82) is 0 Å². The lowest BCUT2D eigenvalue weighted by molar-refractivity contribution is 0.174. The molecule has 3 aromatic rings. The molecule has 6 heteroatoms. The van der Waals surface area contributed by atoms with Gasteiger partial charge in [0.1, 0.15) is 5.75 Å². The number of rotatable bonds is 9. The van der Waals surface area contributed by atoms with Crippen LogP contribution in [0.1, 0.15) is 66.8 Å². The maximum absolute atomic E-state index is 6.61. The van der Waals surface area contributed by atoms with Gasteiger partial charge in [-0.1, -0.05) is 37.1 Å². The van der Waals surface area contributed by atoms with E-state index in [1.807, 2.05) is 30.3 Å². The molecular weight excluding hydrogens is 502 g/mol. The predicted molar refractivity (Wildman–Crippen MR) is 155 cm³/mol. The number of nitrogens with zero attached hydrogens (tertiary/aromatic N) is 1. The van der Waals surface area contributed by atoms with Crippen LogP contribution in [0.25, 0.3) is 11.8 Å². The number of benzene rings is 3. The van der Waals surface area contributed by atoms with Crippen LogP contribution >= 0.6 is 0 Å². The second-order valence-corrected chi connectivity index (χ2v) is 11.1. The topological polar surface area (TPSA) is 49.4 Å². The minimum atomic E-state index is 0.266. The van der Waals surface area contributed by atoms with Gasteiger partial charge in [-0.15, -0.1) is 0 Å². The van der Waals surface area contributed by atoms with Crippen LogP contribution in [0.3, 0.4) is 0 Å². The lowest BCUT2D eigenvalue weighted by Gasteiger charge is -2.46. The van der Waals surface area contributed by atoms with E-state index in [0.29, 0.717) is 25.9 Å². The maximum atomic E-state index is 6.61. The summed E-state index contributed by atoms with van der Waals surface area (Å²) >= 11 is 0. The van der Waals surface area contributed by atoms with Crippen molar-refractivity contribution in [3.8, 4) is 28.7 Å². The van der Waals surface area contributed by atoms with Gasteiger partial charge in [0.2, 0.25) is 6.79 Å². The number of hydrogen-bond acceptors (Lipinski definition) is 6. The summed E-state index contributed by atoms with van der Waals surface area (Å²) in [6, 6.07) is 18.9. The van der Waals surface area contributed by atoms with Crippen LogP contribution in [0.5, 0.6) is 28.7 Å². The molecule has 7 rings (SSSR count). The number of para-hydroxylation sites is 1. The van der Waals surface area contributed by atoms with E-state index < -0.39 is 0 Å². The lowest BCUT2D eigenvalue weighted by Crippen LogP contribution is -2.39. The molecule has 3 aromatic carbocycles. The van der Waals surface area contributed by atoms with Crippen molar-refractivity contribution in [2.75, 3.05) is 33.7 Å². The fourth-order valence-electron chi connectivity index (χ4n) is 6.88. The quantitative estimate of drug-likeness (QED) is 0.267. The summed E-state index contributed by atoms with van der Waals surface area (Å²) in [5.74, 6) is 4.95. The van der Waals surface area contributed by atoms with E-state index in [0.717, 1.165) is 54.6 Å². The van der Waals surface area contributed by atoms with Gasteiger partial charge in [-0.2, -0.15) is 0 Å². The molecule has 0 radical (unpaired) electrons. The normalized spacial score (nSPS) is 19.0. The van der Waals surface area contributed by atoms with Gasteiger partial charge < -0.3 is 28.6 Å². The van der Waals surface area contributed by atoms with Crippen LogP contribution in [-0.2, 0) is 6.42 Å². The highest BCUT2D eigenvalue weighted by Crippen LogP contribution is 2.54. The number of hydrogen-bond donors (Lipinski definition) is 0. The Morgan fingerprint density at radius 1 is 0.900 bits per heavy atom. The van der Waals surface area contributed by atoms with Crippen LogP contribution in [0.15, 0.2) is 54.6 Å². The molecule has 3 heterocycles. The molecule has 1 saturated carbocycles. The van der Waals surface area contributed by atoms with Crippen LogP contribution in [0.4, 0.5) is 0 Å². The Bertz CT molecular complexity index is 1400. The fraction of sp³-hybridized carbons (Fsp3) is 0.412. The number of methoxy groups -OCH3 is 1. The molecule has 40 heavy (non-hydrogen) atoms. The minimum absolute atomic E-state index is 0.266. The SMILES string of the molecule is COc1ccc2c(c1OCCCCOc1ccccc1)[C@@H](C1CCCC1)N1CCc3cc4c(cc3C1=C2)OCO4. The fourth-order valence-corrected chi connectivity index (χ4v) is 6.88. The molecule has 1 fully saturated rings. The third-order valence-electron chi connectivity index (χ3n) is 8.79. The Hall–Kier alpha value is -3.80. The summed E-state index contributed by atoms with van der Waals surface area (Å²) < 4.78 is 29.8. The van der Waals surface area contributed by atoms with E-state index in [-0.39, 0.29) is 6.04 Å². The first-order chi connectivity index (χ1) is 19.8. The number of ether oxygens (including phenoxy) is 5. The number of fused-ring (bicyclic) bond motifs is 5. The van der Waals surface area contributed by atoms with Crippen LogP contribution in [0, 0.1) is 5.92 Å². The van der Waals surface area contributed by atoms with Gasteiger partial charge in [0.05, 0.1) is 26.4 Å². The lowest BCUT2D eigenvalue weighted by atomic mass is 9.80. The standard InChI is InChI=1S/C34H37NO5/c1-36-29-14-13-25-19-28-27-21-31-30(39-22-40-31)20-24(27)15-16-35(28)33(23-9-5-6-10-23)32(25)34(29)38-18-8-7-17-37-26-11-3-2-4-12-26/h2-4,11-14,19-21,23,33H,5-10,15-18,22H2,1H3/t33-/m1/s1. The van der Waals surface area contributed by atoms with E-state index in [1.165, 1.54) is 53.6 Å². The first kappa shape index (κ1) is 25.2. The summed E-state index contributed by atoms with van der Waals surface area (Å²) in [4.78, 5) is 2.64. The minimum Gasteiger partial charge on any atom is -0.494 e. The molecule has 0 N–H and O–H groups in total. The zero-order valence-corrected chi connectivity index (χ0v) is 23.2. The van der Waals surface area contributed by atoms with Gasteiger partial charge in [0, 0.05) is 23.4 Å². The van der Waals surface area contributed by atoms with Crippen molar-refractivity contribution in [3.63, 3.8) is 0 Å². The van der Waals surface area contributed by atoms with Gasteiger partial charge in [-0.25, -0.2) is 0 Å². The largest absolute Gasteiger partial charge is 0.494 e. The predicted octanol–water partition coefficient (Wildman–Crippen LogP) is 7.26. The number of unbranched alkanes of at least 4 members (excludes halogenated alkanes) is 1. The van der Waals surface area contributed by atoms with Crippen molar-refractivity contribution in [1.82, 2.24) is 4.90 Å². The first-order valence-electron chi connectivity index (χ1n) is 14.7. The molecule has 0 saturated heterocycles. The van der Waals surface area contributed by atoms with Crippen LogP contribution in [-0.4, -0.2) is 38.6 Å². The third-order valence-corrected chi connectivity index (χ3v) is 8.79. The molecule has 1 aliphatic carbocycles. The second-order valence-electron chi connectivity index (χ2n) is 11.1. The zero-order valence-electron chi connectivity index (χ0n) is 23.2. The average molecular weight is 540 g/mol. The second kappa shape index (κ2) is 11.0. The van der Waals surface area contributed by atoms with Gasteiger partial charge in [-0.05, 0) is 85.6 Å². The monoisotopic (exact) mass is 539 g/mol. The maximum Gasteiger partial charge on any atom is 0.231 e. The Kier molecular flexibility index (Phi) is 6.92. The highest BCUT2D eigenvalue weighted by molar-refractivity contribution is 5.88. The molecule has 4 aliphatic rings. The van der Waals surface area contributed by atoms with E-state index in [4.69, 9.17) is 23.7 Å². The molecule has 0 bridgehead atoms. The Morgan fingerprint density at radius 2 is 1.68 bits per heavy atom. The molecule has 0 amide bonds. The highest BCUT2D eigenvalue weighted by atomic mass is 16.7. The zero-order chi connectivity index (χ0) is 26.9. The molecular formula is C34H37NO5. The summed E-state index contributed by atoms with van der Waals surface area (Å²) in [5, 5.41) is 0. The van der Waals surface area contributed by atoms with Crippen molar-refractivity contribution >= 4 is 11.8 Å². The molecule has 6 nitrogen and oxygen atoms in total. The average Bonchev–Trinajstić information content (AvgIpc) is 3.69. The van der Waals surface area contributed by atoms with Crippen LogP contribution in [0.2, 0.25) is 0 Å². The molecule has 208 valence electrons. The molecule has 3 aliphatic heterocycles. The molecule has 0 unspecified atom stereocenters. The van der Waals surface area contributed by atoms with Crippen molar-refractivity contribution in [2.45, 2.75) is 51.0 Å². The van der Waals surface area contributed by atoms with Gasteiger partial charge in [0.15, 0.2) is 23.0 Å². The first-order valence-corrected chi connectivity index (χ1v) is 14.7. The van der Waals surface area contributed by atoms with Crippen molar-refractivity contribution < 1.29 is 23.7 Å². The third kappa shape index (κ3) is 4.63. The molecule has 0 spiro atoms. The summed E-state index contributed by atoms with van der Waals surface area (Å²) in [7, 11) is 1.75. The molecule has 0 aromatic heterocycles. The summed E-state index contributed by atoms with van der Waals surface area (Å²) in [6.45, 7) is 2.59. The van der Waals surface area contributed by atoms with E-state index in [1.54, 1.807) is 7.11 Å². The Balaban J connectivity index is 1.18. The van der Waals surface area contributed by atoms with Gasteiger partial charge >= 0.3 is 0 Å². The van der Waals surface area contributed by atoms with Gasteiger partial charge in [0.25, 0.3) is 0 Å². The van der Waals surface area contributed by atoms with E-state index >= 15 is 0 Å².